The Labute approximate surface area is 166 Å². The Morgan fingerprint density at radius 1 is 1.00 bits per heavy atom. The highest BCUT2D eigenvalue weighted by atomic mass is 16.1. The molecule has 5 aromatic rings. The summed E-state index contributed by atoms with van der Waals surface area (Å²) in [6.45, 7) is 4.33. The van der Waals surface area contributed by atoms with Gasteiger partial charge in [0.15, 0.2) is 5.65 Å². The summed E-state index contributed by atoms with van der Waals surface area (Å²) in [6.07, 6.45) is 4.89. The summed E-state index contributed by atoms with van der Waals surface area (Å²) >= 11 is 0. The molecule has 7 heteroatoms. The third-order valence-corrected chi connectivity index (χ3v) is 5.08. The van der Waals surface area contributed by atoms with E-state index in [0.29, 0.717) is 28.9 Å². The van der Waals surface area contributed by atoms with Crippen LogP contribution in [0.3, 0.4) is 0 Å². The topological polar surface area (TPSA) is 78.5 Å². The number of aromatic nitrogens is 6. The van der Waals surface area contributed by atoms with Gasteiger partial charge in [0.05, 0.1) is 35.7 Å². The second kappa shape index (κ2) is 6.63. The predicted octanol–water partition coefficient (Wildman–Crippen LogP) is 3.19. The standard InChI is InChI=1S/C22H18N6O/c1-14-6-8-16(9-7-14)28-19(11-27-13-25-21-18(27)10-23-12-24-21)26-17-5-3-4-15(2)20(17)22(28)29/h3-10,12-13H,11H2,1-2H3. The molecule has 0 amide bonds. The molecule has 5 rings (SSSR count). The van der Waals surface area contributed by atoms with Crippen LogP contribution in [0.25, 0.3) is 27.8 Å². The number of hydrogen-bond acceptors (Lipinski definition) is 5. The van der Waals surface area contributed by atoms with Crippen molar-refractivity contribution in [3.63, 3.8) is 0 Å². The zero-order valence-corrected chi connectivity index (χ0v) is 16.1. The maximum atomic E-state index is 13.5. The maximum absolute atomic E-state index is 13.5. The van der Waals surface area contributed by atoms with Crippen molar-refractivity contribution in [1.29, 1.82) is 0 Å². The van der Waals surface area contributed by atoms with Crippen molar-refractivity contribution >= 4 is 22.1 Å². The minimum Gasteiger partial charge on any atom is -0.320 e. The summed E-state index contributed by atoms with van der Waals surface area (Å²) in [5.74, 6) is 0.625. The van der Waals surface area contributed by atoms with Crippen LogP contribution in [0.5, 0.6) is 0 Å². The smallest absolute Gasteiger partial charge is 0.266 e. The van der Waals surface area contributed by atoms with E-state index in [-0.39, 0.29) is 5.56 Å². The molecule has 0 saturated carbocycles. The van der Waals surface area contributed by atoms with E-state index >= 15 is 0 Å². The highest BCUT2D eigenvalue weighted by Crippen LogP contribution is 2.18. The maximum Gasteiger partial charge on any atom is 0.266 e. The first-order valence-corrected chi connectivity index (χ1v) is 9.31. The molecule has 0 atom stereocenters. The summed E-state index contributed by atoms with van der Waals surface area (Å²) < 4.78 is 3.59. The number of hydrogen-bond donors (Lipinski definition) is 0. The van der Waals surface area contributed by atoms with Crippen molar-refractivity contribution in [3.8, 4) is 5.69 Å². The van der Waals surface area contributed by atoms with Crippen molar-refractivity contribution in [2.24, 2.45) is 0 Å². The Balaban J connectivity index is 1.78. The minimum atomic E-state index is -0.0763. The van der Waals surface area contributed by atoms with Gasteiger partial charge in [0.2, 0.25) is 0 Å². The molecule has 0 fully saturated rings. The molecule has 0 aliphatic heterocycles. The highest BCUT2D eigenvalue weighted by Gasteiger charge is 2.16. The van der Waals surface area contributed by atoms with E-state index in [9.17, 15) is 4.79 Å². The fourth-order valence-electron chi connectivity index (χ4n) is 3.59. The van der Waals surface area contributed by atoms with Gasteiger partial charge in [0, 0.05) is 0 Å². The van der Waals surface area contributed by atoms with Gasteiger partial charge in [-0.15, -0.1) is 0 Å². The molecular formula is C22H18N6O. The zero-order chi connectivity index (χ0) is 20.0. The van der Waals surface area contributed by atoms with Crippen LogP contribution in [0, 0.1) is 13.8 Å². The Kier molecular flexibility index (Phi) is 3.94. The lowest BCUT2D eigenvalue weighted by Crippen LogP contribution is -2.25. The van der Waals surface area contributed by atoms with Gasteiger partial charge in [-0.05, 0) is 37.6 Å². The number of aryl methyl sites for hydroxylation is 2. The fourth-order valence-corrected chi connectivity index (χ4v) is 3.59. The fraction of sp³-hybridized carbons (Fsp3) is 0.136. The van der Waals surface area contributed by atoms with E-state index in [0.717, 1.165) is 22.3 Å². The summed E-state index contributed by atoms with van der Waals surface area (Å²) in [6, 6.07) is 13.6. The van der Waals surface area contributed by atoms with Crippen LogP contribution in [0.1, 0.15) is 17.0 Å². The third-order valence-electron chi connectivity index (χ3n) is 5.08. The molecule has 0 spiro atoms. The molecule has 0 radical (unpaired) electrons. The summed E-state index contributed by atoms with van der Waals surface area (Å²) in [4.78, 5) is 31.0. The molecule has 29 heavy (non-hydrogen) atoms. The van der Waals surface area contributed by atoms with Crippen molar-refractivity contribution in [2.45, 2.75) is 20.4 Å². The lowest BCUT2D eigenvalue weighted by atomic mass is 10.1. The van der Waals surface area contributed by atoms with Crippen LogP contribution in [0.15, 0.2) is 66.1 Å². The molecule has 3 aromatic heterocycles. The molecule has 0 saturated heterocycles. The Morgan fingerprint density at radius 3 is 2.66 bits per heavy atom. The second-order valence-corrected chi connectivity index (χ2v) is 7.08. The summed E-state index contributed by atoms with van der Waals surface area (Å²) in [5.41, 5.74) is 4.85. The molecule has 3 heterocycles. The van der Waals surface area contributed by atoms with Gasteiger partial charge in [0.1, 0.15) is 17.7 Å². The van der Waals surface area contributed by atoms with Gasteiger partial charge in [0.25, 0.3) is 5.56 Å². The van der Waals surface area contributed by atoms with Gasteiger partial charge >= 0.3 is 0 Å². The van der Waals surface area contributed by atoms with Crippen molar-refractivity contribution < 1.29 is 0 Å². The molecule has 0 N–H and O–H groups in total. The third kappa shape index (κ3) is 2.87. The summed E-state index contributed by atoms with van der Waals surface area (Å²) in [7, 11) is 0. The Bertz CT molecular complexity index is 1420. The normalized spacial score (nSPS) is 11.4. The van der Waals surface area contributed by atoms with Crippen LogP contribution in [0.2, 0.25) is 0 Å². The molecule has 0 unspecified atom stereocenters. The average molecular weight is 382 g/mol. The van der Waals surface area contributed by atoms with E-state index in [2.05, 4.69) is 15.0 Å². The van der Waals surface area contributed by atoms with Crippen LogP contribution < -0.4 is 5.56 Å². The van der Waals surface area contributed by atoms with Crippen molar-refractivity contribution in [1.82, 2.24) is 29.1 Å². The van der Waals surface area contributed by atoms with Gasteiger partial charge in [-0.25, -0.2) is 19.9 Å². The van der Waals surface area contributed by atoms with Crippen molar-refractivity contribution in [2.75, 3.05) is 0 Å². The monoisotopic (exact) mass is 382 g/mol. The molecule has 0 aliphatic carbocycles. The Hall–Kier alpha value is -3.87. The van der Waals surface area contributed by atoms with E-state index in [1.165, 1.54) is 6.33 Å². The first-order chi connectivity index (χ1) is 14.1. The van der Waals surface area contributed by atoms with Crippen LogP contribution in [-0.2, 0) is 6.54 Å². The molecule has 7 nitrogen and oxygen atoms in total. The quantitative estimate of drug-likeness (QED) is 0.479. The summed E-state index contributed by atoms with van der Waals surface area (Å²) in [5, 5.41) is 0.635. The van der Waals surface area contributed by atoms with Gasteiger partial charge in [-0.1, -0.05) is 29.8 Å². The van der Waals surface area contributed by atoms with E-state index in [1.54, 1.807) is 17.1 Å². The van der Waals surface area contributed by atoms with Gasteiger partial charge in [-0.3, -0.25) is 9.36 Å². The first-order valence-electron chi connectivity index (χ1n) is 9.31. The lowest BCUT2D eigenvalue weighted by Gasteiger charge is -2.15. The van der Waals surface area contributed by atoms with E-state index in [1.807, 2.05) is 60.9 Å². The number of rotatable bonds is 3. The van der Waals surface area contributed by atoms with E-state index < -0.39 is 0 Å². The molecule has 2 aromatic carbocycles. The Morgan fingerprint density at radius 2 is 1.83 bits per heavy atom. The molecular weight excluding hydrogens is 364 g/mol. The largest absolute Gasteiger partial charge is 0.320 e. The molecule has 142 valence electrons. The average Bonchev–Trinajstić information content (AvgIpc) is 3.12. The minimum absolute atomic E-state index is 0.0763. The van der Waals surface area contributed by atoms with Crippen LogP contribution in [-0.4, -0.2) is 29.1 Å². The lowest BCUT2D eigenvalue weighted by molar-refractivity contribution is 0.722. The van der Waals surface area contributed by atoms with Gasteiger partial charge < -0.3 is 4.57 Å². The van der Waals surface area contributed by atoms with Crippen molar-refractivity contribution in [3.05, 3.63) is 88.6 Å². The number of nitrogens with zero attached hydrogens (tertiary/aromatic N) is 6. The zero-order valence-electron chi connectivity index (χ0n) is 16.1. The number of imidazole rings is 1. The van der Waals surface area contributed by atoms with E-state index in [4.69, 9.17) is 4.98 Å². The number of fused-ring (bicyclic) bond motifs is 2. The number of benzene rings is 2. The second-order valence-electron chi connectivity index (χ2n) is 7.08. The SMILES string of the molecule is Cc1ccc(-n2c(Cn3cnc4ncncc43)nc3cccc(C)c3c2=O)cc1. The molecule has 0 aliphatic rings. The molecule has 0 bridgehead atoms. The van der Waals surface area contributed by atoms with Gasteiger partial charge in [-0.2, -0.15) is 0 Å². The predicted molar refractivity (Wildman–Crippen MR) is 111 cm³/mol. The van der Waals surface area contributed by atoms with Crippen LogP contribution >= 0.6 is 0 Å². The van der Waals surface area contributed by atoms with Crippen LogP contribution in [0.4, 0.5) is 0 Å². The highest BCUT2D eigenvalue weighted by molar-refractivity contribution is 5.81. The first kappa shape index (κ1) is 17.2.